The van der Waals surface area contributed by atoms with E-state index in [1.807, 2.05) is 0 Å². The Hall–Kier alpha value is -2.24. The van der Waals surface area contributed by atoms with Crippen LogP contribution >= 0.6 is 11.6 Å². The average Bonchev–Trinajstić information content (AvgIpc) is 2.76. The third-order valence-electron chi connectivity index (χ3n) is 5.10. The summed E-state index contributed by atoms with van der Waals surface area (Å²) in [5.41, 5.74) is 0.573. The lowest BCUT2D eigenvalue weighted by Gasteiger charge is -2.36. The van der Waals surface area contributed by atoms with Crippen molar-refractivity contribution in [1.29, 1.82) is 0 Å². The van der Waals surface area contributed by atoms with Gasteiger partial charge in [0.15, 0.2) is 0 Å². The fourth-order valence-corrected chi connectivity index (χ4v) is 4.72. The number of hydrogen-bond donors (Lipinski definition) is 4. The van der Waals surface area contributed by atoms with Crippen LogP contribution in [0.5, 0.6) is 0 Å². The third kappa shape index (κ3) is 6.63. The number of anilines is 1. The first kappa shape index (κ1) is 24.4. The van der Waals surface area contributed by atoms with Crippen LogP contribution in [-0.2, 0) is 14.8 Å². The Morgan fingerprint density at radius 1 is 1.16 bits per heavy atom. The number of sulfonamides is 1. The highest BCUT2D eigenvalue weighted by molar-refractivity contribution is 7.89. The number of aliphatic hydroxyl groups is 1. The van der Waals surface area contributed by atoms with Gasteiger partial charge in [0.05, 0.1) is 18.8 Å². The molecule has 8 nitrogen and oxygen atoms in total. The molecule has 0 radical (unpaired) electrons. The predicted molar refractivity (Wildman–Crippen MR) is 119 cm³/mol. The SMILES string of the molecule is O=C(Nc1ccc(Cl)cc1)N[C@@H]1CC[C@H](CCNS(=O)(=O)c2ccccc2F)O[C@@H]1CO. The van der Waals surface area contributed by atoms with E-state index in [4.69, 9.17) is 16.3 Å². The van der Waals surface area contributed by atoms with Crippen molar-refractivity contribution in [1.82, 2.24) is 10.0 Å². The van der Waals surface area contributed by atoms with Crippen LogP contribution in [0.1, 0.15) is 19.3 Å². The largest absolute Gasteiger partial charge is 0.394 e. The molecule has 0 spiro atoms. The smallest absolute Gasteiger partial charge is 0.319 e. The summed E-state index contributed by atoms with van der Waals surface area (Å²) in [5.74, 6) is -0.819. The van der Waals surface area contributed by atoms with Crippen molar-refractivity contribution in [3.63, 3.8) is 0 Å². The summed E-state index contributed by atoms with van der Waals surface area (Å²) >= 11 is 5.83. The van der Waals surface area contributed by atoms with Gasteiger partial charge in [-0.15, -0.1) is 0 Å². The Morgan fingerprint density at radius 2 is 1.88 bits per heavy atom. The Balaban J connectivity index is 1.47. The second kappa shape index (κ2) is 11.1. The number of carbonyl (C=O) groups is 1. The molecule has 3 rings (SSSR count). The second-order valence-electron chi connectivity index (χ2n) is 7.39. The molecular weight excluding hydrogens is 461 g/mol. The first-order valence-electron chi connectivity index (χ1n) is 10.1. The molecule has 3 atom stereocenters. The minimum absolute atomic E-state index is 0.0502. The molecule has 1 aliphatic rings. The molecule has 0 saturated carbocycles. The Labute approximate surface area is 191 Å². The van der Waals surface area contributed by atoms with Gasteiger partial charge >= 0.3 is 6.03 Å². The fraction of sp³-hybridized carbons (Fsp3) is 0.381. The number of aliphatic hydroxyl groups excluding tert-OH is 1. The Kier molecular flexibility index (Phi) is 8.44. The lowest BCUT2D eigenvalue weighted by Crippen LogP contribution is -2.52. The number of halogens is 2. The molecule has 2 aromatic rings. The number of nitrogens with one attached hydrogen (secondary N) is 3. The van der Waals surface area contributed by atoms with Crippen molar-refractivity contribution >= 4 is 33.3 Å². The van der Waals surface area contributed by atoms with E-state index >= 15 is 0 Å². The molecule has 1 fully saturated rings. The summed E-state index contributed by atoms with van der Waals surface area (Å²) in [7, 11) is -3.97. The molecule has 0 aromatic heterocycles. The van der Waals surface area contributed by atoms with Gasteiger partial charge in [0, 0.05) is 17.3 Å². The fourth-order valence-electron chi connectivity index (χ4n) is 3.47. The molecule has 1 heterocycles. The number of urea groups is 1. The molecule has 0 unspecified atom stereocenters. The molecule has 0 aliphatic carbocycles. The summed E-state index contributed by atoms with van der Waals surface area (Å²) in [6, 6.07) is 11.0. The quantitative estimate of drug-likeness (QED) is 0.458. The van der Waals surface area contributed by atoms with Gasteiger partial charge in [0.1, 0.15) is 16.8 Å². The van der Waals surface area contributed by atoms with Gasteiger partial charge in [-0.1, -0.05) is 23.7 Å². The molecule has 2 aromatic carbocycles. The normalized spacial score (nSPS) is 21.2. The molecule has 1 aliphatic heterocycles. The van der Waals surface area contributed by atoms with Crippen molar-refractivity contribution in [2.75, 3.05) is 18.5 Å². The lowest BCUT2D eigenvalue weighted by atomic mass is 9.97. The maximum atomic E-state index is 13.7. The molecule has 11 heteroatoms. The Morgan fingerprint density at radius 3 is 2.56 bits per heavy atom. The zero-order valence-electron chi connectivity index (χ0n) is 17.1. The number of amides is 2. The van der Waals surface area contributed by atoms with Crippen molar-refractivity contribution < 1.29 is 27.4 Å². The molecular formula is C21H25ClFN3O5S. The van der Waals surface area contributed by atoms with Crippen molar-refractivity contribution in [3.8, 4) is 0 Å². The van der Waals surface area contributed by atoms with Crippen LogP contribution in [-0.4, -0.2) is 51.0 Å². The van der Waals surface area contributed by atoms with Crippen LogP contribution < -0.4 is 15.4 Å². The zero-order valence-corrected chi connectivity index (χ0v) is 18.7. The van der Waals surface area contributed by atoms with Crippen molar-refractivity contribution in [3.05, 3.63) is 59.4 Å². The standard InChI is InChI=1S/C21H25ClFN3O5S/c22-14-5-7-15(8-6-14)25-21(28)26-18-10-9-16(31-19(18)13-27)11-12-24-32(29,30)20-4-2-1-3-17(20)23/h1-8,16,18-19,24,27H,9-13H2,(H2,25,26,28)/t16-,18-,19-/m1/s1. The molecule has 32 heavy (non-hydrogen) atoms. The van der Waals surface area contributed by atoms with E-state index in [1.165, 1.54) is 18.2 Å². The minimum atomic E-state index is -3.97. The molecule has 1 saturated heterocycles. The summed E-state index contributed by atoms with van der Waals surface area (Å²) < 4.78 is 46.5. The summed E-state index contributed by atoms with van der Waals surface area (Å²) in [6.45, 7) is -0.252. The van der Waals surface area contributed by atoms with Gasteiger partial charge in [-0.2, -0.15) is 0 Å². The van der Waals surface area contributed by atoms with Gasteiger partial charge < -0.3 is 20.5 Å². The minimum Gasteiger partial charge on any atom is -0.394 e. The van der Waals surface area contributed by atoms with E-state index in [1.54, 1.807) is 24.3 Å². The van der Waals surface area contributed by atoms with Crippen LogP contribution in [0.4, 0.5) is 14.9 Å². The molecule has 174 valence electrons. The van der Waals surface area contributed by atoms with E-state index in [-0.39, 0.29) is 19.3 Å². The topological polar surface area (TPSA) is 117 Å². The summed E-state index contributed by atoms with van der Waals surface area (Å²) in [4.78, 5) is 11.8. The van der Waals surface area contributed by atoms with Crippen molar-refractivity contribution in [2.24, 2.45) is 0 Å². The summed E-state index contributed by atoms with van der Waals surface area (Å²) in [6.07, 6.45) is 0.502. The second-order valence-corrected chi connectivity index (χ2v) is 9.56. The molecule has 0 bridgehead atoms. The number of hydrogen-bond acceptors (Lipinski definition) is 5. The van der Waals surface area contributed by atoms with E-state index in [0.29, 0.717) is 30.0 Å². The average molecular weight is 486 g/mol. The lowest BCUT2D eigenvalue weighted by molar-refractivity contribution is -0.0884. The highest BCUT2D eigenvalue weighted by atomic mass is 35.5. The van der Waals surface area contributed by atoms with E-state index in [2.05, 4.69) is 15.4 Å². The number of carbonyl (C=O) groups excluding carboxylic acids is 1. The number of rotatable bonds is 8. The van der Waals surface area contributed by atoms with Crippen LogP contribution in [0.2, 0.25) is 5.02 Å². The first-order valence-corrected chi connectivity index (χ1v) is 12.0. The van der Waals surface area contributed by atoms with Crippen molar-refractivity contribution in [2.45, 2.75) is 42.4 Å². The summed E-state index contributed by atoms with van der Waals surface area (Å²) in [5, 5.41) is 15.7. The van der Waals surface area contributed by atoms with Gasteiger partial charge in [-0.3, -0.25) is 0 Å². The first-order chi connectivity index (χ1) is 15.3. The maximum absolute atomic E-state index is 13.7. The van der Waals surface area contributed by atoms with Gasteiger partial charge in [0.2, 0.25) is 10.0 Å². The number of ether oxygens (including phenoxy) is 1. The monoisotopic (exact) mass is 485 g/mol. The van der Waals surface area contributed by atoms with Crippen LogP contribution in [0.15, 0.2) is 53.4 Å². The Bertz CT molecular complexity index is 1020. The van der Waals surface area contributed by atoms with Gasteiger partial charge in [0.25, 0.3) is 0 Å². The van der Waals surface area contributed by atoms with E-state index in [9.17, 15) is 22.7 Å². The predicted octanol–water partition coefficient (Wildman–Crippen LogP) is 2.88. The van der Waals surface area contributed by atoms with Gasteiger partial charge in [-0.25, -0.2) is 22.3 Å². The highest BCUT2D eigenvalue weighted by Crippen LogP contribution is 2.22. The van der Waals surface area contributed by atoms with E-state index in [0.717, 1.165) is 6.07 Å². The van der Waals surface area contributed by atoms with E-state index < -0.39 is 38.9 Å². The number of benzene rings is 2. The molecule has 2 amide bonds. The molecule has 4 N–H and O–H groups in total. The van der Waals surface area contributed by atoms with Crippen LogP contribution in [0.3, 0.4) is 0 Å². The maximum Gasteiger partial charge on any atom is 0.319 e. The van der Waals surface area contributed by atoms with Gasteiger partial charge in [-0.05, 0) is 55.7 Å². The van der Waals surface area contributed by atoms with Crippen LogP contribution in [0, 0.1) is 5.82 Å². The van der Waals surface area contributed by atoms with Crippen LogP contribution in [0.25, 0.3) is 0 Å². The third-order valence-corrected chi connectivity index (χ3v) is 6.85. The zero-order chi connectivity index (χ0) is 23.1. The highest BCUT2D eigenvalue weighted by Gasteiger charge is 2.32.